The highest BCUT2D eigenvalue weighted by molar-refractivity contribution is 6.32. The lowest BCUT2D eigenvalue weighted by Gasteiger charge is -2.28. The minimum atomic E-state index is 0.0564. The van der Waals surface area contributed by atoms with Crippen molar-refractivity contribution in [1.82, 2.24) is 19.9 Å². The second kappa shape index (κ2) is 12.3. The second-order valence-electron chi connectivity index (χ2n) is 9.53. The molecule has 0 aliphatic carbocycles. The topological polar surface area (TPSA) is 65.5 Å². The number of Topliss-reactive ketones (excluding diaryl/α,β-unsaturated/α-hetero) is 1. The van der Waals surface area contributed by atoms with Crippen LogP contribution in [-0.4, -0.2) is 71.4 Å². The molecule has 190 valence electrons. The van der Waals surface area contributed by atoms with E-state index in [1.807, 2.05) is 42.5 Å². The van der Waals surface area contributed by atoms with Crippen molar-refractivity contribution < 1.29 is 4.79 Å². The number of nitrogens with zero attached hydrogens (tertiary/aromatic N) is 6. The fraction of sp³-hybridized carbons (Fsp3) is 0.429. The largest absolute Gasteiger partial charge is 0.354 e. The van der Waals surface area contributed by atoms with Crippen molar-refractivity contribution in [2.75, 3.05) is 49.6 Å². The van der Waals surface area contributed by atoms with E-state index in [4.69, 9.17) is 11.6 Å². The number of aromatic nitrogens is 3. The van der Waals surface area contributed by atoms with Crippen molar-refractivity contribution in [3.63, 3.8) is 0 Å². The molecule has 1 atom stereocenters. The Hall–Kier alpha value is -3.03. The molecule has 3 aromatic rings. The molecule has 0 amide bonds. The van der Waals surface area contributed by atoms with Gasteiger partial charge in [0.15, 0.2) is 5.78 Å². The van der Waals surface area contributed by atoms with Crippen LogP contribution in [0.25, 0.3) is 11.3 Å². The van der Waals surface area contributed by atoms with E-state index in [1.165, 1.54) is 25.9 Å². The Morgan fingerprint density at radius 1 is 0.972 bits per heavy atom. The van der Waals surface area contributed by atoms with Gasteiger partial charge in [-0.3, -0.25) is 4.79 Å². The van der Waals surface area contributed by atoms with Crippen LogP contribution in [0.3, 0.4) is 0 Å². The van der Waals surface area contributed by atoms with Gasteiger partial charge in [-0.05, 0) is 65.4 Å². The number of anilines is 2. The van der Waals surface area contributed by atoms with Gasteiger partial charge in [0, 0.05) is 49.1 Å². The van der Waals surface area contributed by atoms with Gasteiger partial charge < -0.3 is 14.7 Å². The highest BCUT2D eigenvalue weighted by Crippen LogP contribution is 2.27. The summed E-state index contributed by atoms with van der Waals surface area (Å²) in [5.41, 5.74) is 2.51. The van der Waals surface area contributed by atoms with Crippen LogP contribution in [-0.2, 0) is 0 Å². The molecule has 0 bridgehead atoms. The molecule has 0 N–H and O–H groups in total. The quantitative estimate of drug-likeness (QED) is 0.450. The molecule has 0 radical (unpaired) electrons. The molecule has 4 heterocycles. The summed E-state index contributed by atoms with van der Waals surface area (Å²) in [5, 5.41) is 0.678. The fourth-order valence-corrected chi connectivity index (χ4v) is 4.88. The zero-order valence-electron chi connectivity index (χ0n) is 21.4. The molecule has 0 saturated carbocycles. The molecule has 1 unspecified atom stereocenters. The minimum Gasteiger partial charge on any atom is -0.354 e. The SMILES string of the molecule is CC(=O)c1ccc(-c2cc(N3CCN(c4ncccc4Cl)CCC3C)ncn2)cc1.CN1CCCC1. The maximum Gasteiger partial charge on any atom is 0.159 e. The van der Waals surface area contributed by atoms with Gasteiger partial charge in [-0.25, -0.2) is 15.0 Å². The Morgan fingerprint density at radius 2 is 1.72 bits per heavy atom. The predicted octanol–water partition coefficient (Wildman–Crippen LogP) is 5.21. The van der Waals surface area contributed by atoms with Crippen molar-refractivity contribution in [2.24, 2.45) is 0 Å². The first-order valence-corrected chi connectivity index (χ1v) is 13.0. The number of ketones is 1. The van der Waals surface area contributed by atoms with Crippen LogP contribution in [0, 0.1) is 0 Å². The van der Waals surface area contributed by atoms with Gasteiger partial charge >= 0.3 is 0 Å². The average molecular weight is 507 g/mol. The van der Waals surface area contributed by atoms with E-state index < -0.39 is 0 Å². The number of hydrogen-bond donors (Lipinski definition) is 0. The van der Waals surface area contributed by atoms with Crippen LogP contribution in [0.2, 0.25) is 5.02 Å². The van der Waals surface area contributed by atoms with E-state index in [1.54, 1.807) is 19.4 Å². The van der Waals surface area contributed by atoms with Crippen LogP contribution in [0.1, 0.15) is 43.5 Å². The lowest BCUT2D eigenvalue weighted by molar-refractivity contribution is 0.101. The van der Waals surface area contributed by atoms with Crippen molar-refractivity contribution in [3.05, 3.63) is 65.6 Å². The smallest absolute Gasteiger partial charge is 0.159 e. The number of halogens is 1. The van der Waals surface area contributed by atoms with E-state index in [2.05, 4.69) is 43.6 Å². The molecule has 2 saturated heterocycles. The van der Waals surface area contributed by atoms with E-state index in [-0.39, 0.29) is 5.78 Å². The first-order valence-electron chi connectivity index (χ1n) is 12.7. The molecule has 2 aromatic heterocycles. The van der Waals surface area contributed by atoms with Crippen molar-refractivity contribution in [1.29, 1.82) is 0 Å². The molecule has 7 nitrogen and oxygen atoms in total. The molecular weight excluding hydrogens is 472 g/mol. The molecular formula is C28H35ClN6O. The molecule has 2 aliphatic heterocycles. The minimum absolute atomic E-state index is 0.0564. The summed E-state index contributed by atoms with van der Waals surface area (Å²) in [6.45, 7) is 8.94. The summed E-state index contributed by atoms with van der Waals surface area (Å²) in [4.78, 5) is 31.9. The van der Waals surface area contributed by atoms with Gasteiger partial charge in [-0.1, -0.05) is 35.9 Å². The van der Waals surface area contributed by atoms with E-state index in [9.17, 15) is 4.79 Å². The first kappa shape index (κ1) is 26.0. The Morgan fingerprint density at radius 3 is 2.36 bits per heavy atom. The van der Waals surface area contributed by atoms with Gasteiger partial charge in [0.1, 0.15) is 18.0 Å². The van der Waals surface area contributed by atoms with Crippen molar-refractivity contribution >= 4 is 29.0 Å². The van der Waals surface area contributed by atoms with E-state index in [0.717, 1.165) is 48.9 Å². The number of rotatable bonds is 4. The van der Waals surface area contributed by atoms with Crippen LogP contribution in [0.15, 0.2) is 55.0 Å². The number of carbonyl (C=O) groups excluding carboxylic acids is 1. The third-order valence-electron chi connectivity index (χ3n) is 6.86. The summed E-state index contributed by atoms with van der Waals surface area (Å²) in [5.74, 6) is 1.79. The molecule has 5 rings (SSSR count). The third kappa shape index (κ3) is 6.59. The van der Waals surface area contributed by atoms with Crippen molar-refractivity contribution in [3.8, 4) is 11.3 Å². The Bertz CT molecular complexity index is 1150. The normalized spacial score (nSPS) is 18.4. The number of benzene rings is 1. The number of pyridine rings is 1. The highest BCUT2D eigenvalue weighted by atomic mass is 35.5. The fourth-order valence-electron chi connectivity index (χ4n) is 4.63. The van der Waals surface area contributed by atoms with Crippen LogP contribution in [0.4, 0.5) is 11.6 Å². The standard InChI is InChI=1S/C23H24ClN5O.C5H11N/c1-16-9-11-28(23-20(24)4-3-10-25-23)12-13-29(16)22-14-21(26-15-27-22)19-7-5-18(6-8-19)17(2)30;1-6-4-2-3-5-6/h3-8,10,14-16H,9,11-13H2,1-2H3;2-5H2,1H3. The van der Waals surface area contributed by atoms with Crippen LogP contribution >= 0.6 is 11.6 Å². The van der Waals surface area contributed by atoms with Gasteiger partial charge in [0.05, 0.1) is 10.7 Å². The Balaban J connectivity index is 0.000000445. The van der Waals surface area contributed by atoms with Crippen LogP contribution < -0.4 is 9.80 Å². The maximum atomic E-state index is 11.5. The lowest BCUT2D eigenvalue weighted by Crippen LogP contribution is -2.35. The first-order chi connectivity index (χ1) is 17.4. The molecule has 1 aromatic carbocycles. The third-order valence-corrected chi connectivity index (χ3v) is 7.16. The molecule has 36 heavy (non-hydrogen) atoms. The predicted molar refractivity (Wildman–Crippen MR) is 147 cm³/mol. The van der Waals surface area contributed by atoms with E-state index >= 15 is 0 Å². The number of hydrogen-bond acceptors (Lipinski definition) is 7. The van der Waals surface area contributed by atoms with Gasteiger partial charge in [0.25, 0.3) is 0 Å². The van der Waals surface area contributed by atoms with Gasteiger partial charge in [-0.15, -0.1) is 0 Å². The molecule has 2 aliphatic rings. The lowest BCUT2D eigenvalue weighted by atomic mass is 10.1. The number of likely N-dealkylation sites (tertiary alicyclic amines) is 1. The maximum absolute atomic E-state index is 11.5. The average Bonchev–Trinajstić information content (AvgIpc) is 3.29. The summed E-state index contributed by atoms with van der Waals surface area (Å²) in [6.07, 6.45) is 7.18. The molecule has 8 heteroatoms. The van der Waals surface area contributed by atoms with E-state index in [0.29, 0.717) is 16.6 Å². The Labute approximate surface area is 219 Å². The van der Waals surface area contributed by atoms with Crippen molar-refractivity contribution in [2.45, 2.75) is 39.2 Å². The molecule has 0 spiro atoms. The zero-order chi connectivity index (χ0) is 25.5. The highest BCUT2D eigenvalue weighted by Gasteiger charge is 2.24. The molecule has 2 fully saturated rings. The Kier molecular flexibility index (Phi) is 8.88. The van der Waals surface area contributed by atoms with Crippen LogP contribution in [0.5, 0.6) is 0 Å². The zero-order valence-corrected chi connectivity index (χ0v) is 22.2. The summed E-state index contributed by atoms with van der Waals surface area (Å²) < 4.78 is 0. The summed E-state index contributed by atoms with van der Waals surface area (Å²) >= 11 is 6.36. The summed E-state index contributed by atoms with van der Waals surface area (Å²) in [7, 11) is 2.17. The summed E-state index contributed by atoms with van der Waals surface area (Å²) in [6, 6.07) is 13.6. The number of carbonyl (C=O) groups is 1. The van der Waals surface area contributed by atoms with Gasteiger partial charge in [-0.2, -0.15) is 0 Å². The second-order valence-corrected chi connectivity index (χ2v) is 9.94. The van der Waals surface area contributed by atoms with Gasteiger partial charge in [0.2, 0.25) is 0 Å². The monoisotopic (exact) mass is 506 g/mol.